The fourth-order valence-corrected chi connectivity index (χ4v) is 2.37. The van der Waals surface area contributed by atoms with Gasteiger partial charge in [-0.15, -0.1) is 0 Å². The third-order valence-corrected chi connectivity index (χ3v) is 3.32. The first-order chi connectivity index (χ1) is 7.16. The highest BCUT2D eigenvalue weighted by molar-refractivity contribution is 5.81. The summed E-state index contributed by atoms with van der Waals surface area (Å²) in [7, 11) is 1.73. The number of hydrogen-bond donors (Lipinski definition) is 0. The number of ketones is 1. The first-order valence-electron chi connectivity index (χ1n) is 5.92. The molecule has 1 saturated heterocycles. The van der Waals surface area contributed by atoms with Crippen LogP contribution in [0.25, 0.3) is 0 Å². The van der Waals surface area contributed by atoms with E-state index in [0.29, 0.717) is 11.8 Å². The number of carbonyl (C=O) groups is 1. The molecular formula is C12H23NO2. The zero-order valence-electron chi connectivity index (χ0n) is 10.2. The summed E-state index contributed by atoms with van der Waals surface area (Å²) >= 11 is 0. The highest BCUT2D eigenvalue weighted by Gasteiger charge is 2.28. The highest BCUT2D eigenvalue weighted by Crippen LogP contribution is 2.21. The summed E-state index contributed by atoms with van der Waals surface area (Å²) < 4.78 is 5.09. The van der Waals surface area contributed by atoms with Gasteiger partial charge in [0.25, 0.3) is 0 Å². The second-order valence-electron chi connectivity index (χ2n) is 4.49. The summed E-state index contributed by atoms with van der Waals surface area (Å²) in [6, 6.07) is 0.616. The van der Waals surface area contributed by atoms with Crippen molar-refractivity contribution in [2.75, 3.05) is 20.3 Å². The van der Waals surface area contributed by atoms with Crippen LogP contribution in [0.4, 0.5) is 0 Å². The number of hydrogen-bond acceptors (Lipinski definition) is 3. The van der Waals surface area contributed by atoms with E-state index in [-0.39, 0.29) is 6.04 Å². The van der Waals surface area contributed by atoms with Crippen LogP contribution in [0.2, 0.25) is 0 Å². The van der Waals surface area contributed by atoms with Gasteiger partial charge in [0.05, 0.1) is 6.04 Å². The van der Waals surface area contributed by atoms with Crippen molar-refractivity contribution in [1.29, 1.82) is 0 Å². The van der Waals surface area contributed by atoms with Crippen LogP contribution in [-0.2, 0) is 9.53 Å². The topological polar surface area (TPSA) is 29.5 Å². The minimum absolute atomic E-state index is 0.158. The molecule has 0 amide bonds. The normalized spacial score (nSPS) is 25.1. The summed E-state index contributed by atoms with van der Waals surface area (Å²) in [5, 5.41) is 0. The van der Waals surface area contributed by atoms with Crippen LogP contribution in [0.1, 0.15) is 39.5 Å². The smallest absolute Gasteiger partial charge is 0.146 e. The Morgan fingerprint density at radius 3 is 2.87 bits per heavy atom. The molecule has 1 rings (SSSR count). The maximum atomic E-state index is 11.5. The molecule has 0 spiro atoms. The van der Waals surface area contributed by atoms with Gasteiger partial charge >= 0.3 is 0 Å². The summed E-state index contributed by atoms with van der Waals surface area (Å²) in [4.78, 5) is 13.9. The lowest BCUT2D eigenvalue weighted by Gasteiger charge is -2.38. The van der Waals surface area contributed by atoms with Gasteiger partial charge in [0.1, 0.15) is 5.78 Å². The van der Waals surface area contributed by atoms with Crippen molar-refractivity contribution in [3.8, 4) is 0 Å². The van der Waals surface area contributed by atoms with Crippen LogP contribution in [0.3, 0.4) is 0 Å². The average molecular weight is 213 g/mol. The number of likely N-dealkylation sites (tertiary alicyclic amines) is 1. The van der Waals surface area contributed by atoms with Gasteiger partial charge in [-0.25, -0.2) is 0 Å². The molecule has 0 bridgehead atoms. The van der Waals surface area contributed by atoms with Gasteiger partial charge in [0.15, 0.2) is 0 Å². The molecule has 1 heterocycles. The third-order valence-electron chi connectivity index (χ3n) is 3.32. The molecule has 1 aliphatic heterocycles. The van der Waals surface area contributed by atoms with Crippen molar-refractivity contribution in [3.63, 3.8) is 0 Å². The van der Waals surface area contributed by atoms with Gasteiger partial charge in [-0.1, -0.05) is 6.42 Å². The van der Waals surface area contributed by atoms with E-state index in [1.54, 1.807) is 14.0 Å². The maximum absolute atomic E-state index is 11.5. The van der Waals surface area contributed by atoms with E-state index in [2.05, 4.69) is 11.8 Å². The molecule has 2 unspecified atom stereocenters. The Labute approximate surface area is 92.8 Å². The maximum Gasteiger partial charge on any atom is 0.146 e. The predicted molar refractivity (Wildman–Crippen MR) is 61.0 cm³/mol. The van der Waals surface area contributed by atoms with E-state index >= 15 is 0 Å². The fourth-order valence-electron chi connectivity index (χ4n) is 2.37. The van der Waals surface area contributed by atoms with Crippen LogP contribution in [-0.4, -0.2) is 43.0 Å². The largest absolute Gasteiger partial charge is 0.385 e. The number of ether oxygens (including phenoxy) is 1. The Morgan fingerprint density at radius 2 is 2.27 bits per heavy atom. The highest BCUT2D eigenvalue weighted by atomic mass is 16.5. The van der Waals surface area contributed by atoms with Crippen molar-refractivity contribution in [1.82, 2.24) is 4.90 Å². The Kier molecular flexibility index (Phi) is 5.26. The molecule has 0 saturated carbocycles. The van der Waals surface area contributed by atoms with E-state index in [9.17, 15) is 4.79 Å². The van der Waals surface area contributed by atoms with Crippen LogP contribution in [0.5, 0.6) is 0 Å². The average Bonchev–Trinajstić information content (AvgIpc) is 2.25. The fraction of sp³-hybridized carbons (Fsp3) is 0.917. The molecular weight excluding hydrogens is 190 g/mol. The quantitative estimate of drug-likeness (QED) is 0.698. The summed E-state index contributed by atoms with van der Waals surface area (Å²) in [6.45, 7) is 5.75. The van der Waals surface area contributed by atoms with Crippen molar-refractivity contribution in [2.45, 2.75) is 51.6 Å². The number of Topliss-reactive ketones (excluding diaryl/α,β-unsaturated/α-hetero) is 1. The molecule has 1 aliphatic rings. The van der Waals surface area contributed by atoms with E-state index in [0.717, 1.165) is 26.0 Å². The summed E-state index contributed by atoms with van der Waals surface area (Å²) in [5.41, 5.74) is 0. The molecule has 0 aromatic heterocycles. The SMILES string of the molecule is COCCC(C)N1CCCCC1C(C)=O. The number of carbonyl (C=O) groups excluding carboxylic acids is 1. The summed E-state index contributed by atoms with van der Waals surface area (Å²) in [6.07, 6.45) is 4.46. The Morgan fingerprint density at radius 1 is 1.53 bits per heavy atom. The van der Waals surface area contributed by atoms with E-state index in [1.807, 2.05) is 0 Å². The molecule has 3 nitrogen and oxygen atoms in total. The third kappa shape index (κ3) is 3.58. The van der Waals surface area contributed by atoms with Crippen LogP contribution in [0, 0.1) is 0 Å². The van der Waals surface area contributed by atoms with Crippen molar-refractivity contribution >= 4 is 5.78 Å². The predicted octanol–water partition coefficient (Wildman–Crippen LogP) is 1.85. The molecule has 88 valence electrons. The molecule has 3 heteroatoms. The van der Waals surface area contributed by atoms with Gasteiger partial charge < -0.3 is 4.74 Å². The van der Waals surface area contributed by atoms with Crippen molar-refractivity contribution < 1.29 is 9.53 Å². The molecule has 0 radical (unpaired) electrons. The number of piperidine rings is 1. The van der Waals surface area contributed by atoms with E-state index < -0.39 is 0 Å². The lowest BCUT2D eigenvalue weighted by Crippen LogP contribution is -2.48. The van der Waals surface area contributed by atoms with Gasteiger partial charge in [-0.3, -0.25) is 9.69 Å². The van der Waals surface area contributed by atoms with Crippen LogP contribution in [0.15, 0.2) is 0 Å². The standard InChI is InChI=1S/C12H23NO2/c1-10(7-9-15-3)13-8-5-4-6-12(13)11(2)14/h10,12H,4-9H2,1-3H3. The van der Waals surface area contributed by atoms with Gasteiger partial charge in [-0.2, -0.15) is 0 Å². The molecule has 0 aromatic rings. The van der Waals surface area contributed by atoms with Gasteiger partial charge in [-0.05, 0) is 39.7 Å². The Balaban J connectivity index is 2.51. The molecule has 0 aliphatic carbocycles. The van der Waals surface area contributed by atoms with Crippen LogP contribution >= 0.6 is 0 Å². The van der Waals surface area contributed by atoms with Crippen LogP contribution < -0.4 is 0 Å². The van der Waals surface area contributed by atoms with Gasteiger partial charge in [0, 0.05) is 19.8 Å². The number of rotatable bonds is 5. The monoisotopic (exact) mass is 213 g/mol. The molecule has 2 atom stereocenters. The lowest BCUT2D eigenvalue weighted by atomic mass is 9.96. The minimum Gasteiger partial charge on any atom is -0.385 e. The van der Waals surface area contributed by atoms with Gasteiger partial charge in [0.2, 0.25) is 0 Å². The second-order valence-corrected chi connectivity index (χ2v) is 4.49. The molecule has 0 N–H and O–H groups in total. The summed E-state index contributed by atoms with van der Waals surface area (Å²) in [5.74, 6) is 0.318. The number of methoxy groups -OCH3 is 1. The molecule has 15 heavy (non-hydrogen) atoms. The molecule has 1 fully saturated rings. The Hall–Kier alpha value is -0.410. The van der Waals surface area contributed by atoms with Crippen molar-refractivity contribution in [2.24, 2.45) is 0 Å². The van der Waals surface area contributed by atoms with E-state index in [4.69, 9.17) is 4.74 Å². The lowest BCUT2D eigenvalue weighted by molar-refractivity contribution is -0.124. The minimum atomic E-state index is 0.158. The first kappa shape index (κ1) is 12.7. The zero-order valence-corrected chi connectivity index (χ0v) is 10.2. The van der Waals surface area contributed by atoms with Crippen molar-refractivity contribution in [3.05, 3.63) is 0 Å². The molecule has 0 aromatic carbocycles. The first-order valence-corrected chi connectivity index (χ1v) is 5.92. The zero-order chi connectivity index (χ0) is 11.3. The number of nitrogens with zero attached hydrogens (tertiary/aromatic N) is 1. The second kappa shape index (κ2) is 6.23. The Bertz CT molecular complexity index is 206. The van der Waals surface area contributed by atoms with E-state index in [1.165, 1.54) is 12.8 Å².